The molecule has 1 amide bonds. The number of benzene rings is 1. The topological polar surface area (TPSA) is 55.4 Å². The van der Waals surface area contributed by atoms with E-state index in [2.05, 4.69) is 4.74 Å². The molecule has 0 unspecified atom stereocenters. The van der Waals surface area contributed by atoms with Crippen LogP contribution < -0.4 is 5.32 Å². The number of methoxy groups -OCH3 is 1. The van der Waals surface area contributed by atoms with E-state index in [9.17, 15) is 22.8 Å². The molecule has 0 aliphatic rings. The van der Waals surface area contributed by atoms with Gasteiger partial charge in [-0.25, -0.2) is 4.79 Å². The highest BCUT2D eigenvalue weighted by atomic mass is 19.4. The molecule has 7 heteroatoms. The summed E-state index contributed by atoms with van der Waals surface area (Å²) in [6.07, 6.45) is -5.11. The molecule has 0 saturated heterocycles. The molecule has 0 saturated carbocycles. The van der Waals surface area contributed by atoms with Gasteiger partial charge in [0.2, 0.25) is 0 Å². The van der Waals surface area contributed by atoms with Gasteiger partial charge in [-0.3, -0.25) is 4.79 Å². The number of esters is 1. The smallest absolute Gasteiger partial charge is 0.467 e. The maximum atomic E-state index is 12.2. The van der Waals surface area contributed by atoms with Crippen molar-refractivity contribution < 1.29 is 27.5 Å². The summed E-state index contributed by atoms with van der Waals surface area (Å²) in [5.41, 5.74) is 0.611. The first kappa shape index (κ1) is 15.0. The van der Waals surface area contributed by atoms with Crippen molar-refractivity contribution in [2.75, 3.05) is 7.11 Å². The minimum absolute atomic E-state index is 0.0741. The van der Waals surface area contributed by atoms with E-state index < -0.39 is 24.1 Å². The van der Waals surface area contributed by atoms with Crippen LogP contribution in [0.5, 0.6) is 0 Å². The number of hydrogen-bond donors (Lipinski definition) is 1. The molecule has 1 aromatic carbocycles. The van der Waals surface area contributed by atoms with Gasteiger partial charge in [-0.1, -0.05) is 30.3 Å². The van der Waals surface area contributed by atoms with Crippen molar-refractivity contribution in [3.05, 3.63) is 35.9 Å². The highest BCUT2D eigenvalue weighted by Gasteiger charge is 2.41. The van der Waals surface area contributed by atoms with Gasteiger partial charge in [0.1, 0.15) is 6.04 Å². The third-order valence-corrected chi connectivity index (χ3v) is 2.33. The lowest BCUT2D eigenvalue weighted by Gasteiger charge is -2.17. The van der Waals surface area contributed by atoms with Crippen LogP contribution >= 0.6 is 0 Å². The molecular formula is C12H12F3NO3. The predicted octanol–water partition coefficient (Wildman–Crippen LogP) is 1.45. The summed E-state index contributed by atoms with van der Waals surface area (Å²) in [5, 5.41) is 1.62. The van der Waals surface area contributed by atoms with Crippen molar-refractivity contribution in [3.8, 4) is 0 Å². The van der Waals surface area contributed by atoms with Crippen LogP contribution in [0, 0.1) is 0 Å². The molecule has 1 N–H and O–H groups in total. The molecule has 0 heterocycles. The molecule has 0 bridgehead atoms. The van der Waals surface area contributed by atoms with Gasteiger partial charge in [0.15, 0.2) is 0 Å². The molecule has 19 heavy (non-hydrogen) atoms. The first-order chi connectivity index (χ1) is 8.84. The molecule has 0 spiro atoms. The van der Waals surface area contributed by atoms with Gasteiger partial charge in [-0.05, 0) is 5.56 Å². The Bertz CT molecular complexity index is 445. The number of rotatable bonds is 4. The Hall–Kier alpha value is -2.05. The second kappa shape index (κ2) is 6.21. The van der Waals surface area contributed by atoms with Crippen molar-refractivity contribution in [2.45, 2.75) is 18.6 Å². The standard InChI is InChI=1S/C12H12F3NO3/c1-19-10(17)9(16-11(18)12(13,14)15)7-8-5-3-2-4-6-8/h2-6,9H,7H2,1H3,(H,16,18)/t9-/m1/s1. The summed E-state index contributed by atoms with van der Waals surface area (Å²) in [7, 11) is 1.04. The monoisotopic (exact) mass is 275 g/mol. The fourth-order valence-electron chi connectivity index (χ4n) is 1.43. The normalized spacial score (nSPS) is 12.6. The minimum atomic E-state index is -5.04. The maximum Gasteiger partial charge on any atom is 0.471 e. The van der Waals surface area contributed by atoms with E-state index >= 15 is 0 Å². The second-order valence-corrected chi connectivity index (χ2v) is 3.74. The summed E-state index contributed by atoms with van der Waals surface area (Å²) in [6, 6.07) is 6.97. The number of alkyl halides is 3. The number of hydrogen-bond acceptors (Lipinski definition) is 3. The van der Waals surface area contributed by atoms with Crippen LogP contribution in [-0.2, 0) is 20.7 Å². The Morgan fingerprint density at radius 2 is 1.84 bits per heavy atom. The summed E-state index contributed by atoms with van der Waals surface area (Å²) in [4.78, 5) is 22.2. The molecule has 0 aliphatic heterocycles. The number of amides is 1. The van der Waals surface area contributed by atoms with E-state index in [0.29, 0.717) is 5.56 Å². The predicted molar refractivity (Wildman–Crippen MR) is 60.1 cm³/mol. The second-order valence-electron chi connectivity index (χ2n) is 3.74. The Balaban J connectivity index is 2.79. The van der Waals surface area contributed by atoms with Gasteiger partial charge in [0.25, 0.3) is 0 Å². The Kier molecular flexibility index (Phi) is 4.91. The molecule has 1 atom stereocenters. The lowest BCUT2D eigenvalue weighted by Crippen LogP contribution is -2.48. The van der Waals surface area contributed by atoms with Crippen LogP contribution in [0.1, 0.15) is 5.56 Å². The average molecular weight is 275 g/mol. The van der Waals surface area contributed by atoms with Crippen LogP contribution in [-0.4, -0.2) is 31.2 Å². The van der Waals surface area contributed by atoms with Gasteiger partial charge in [0, 0.05) is 6.42 Å². The largest absolute Gasteiger partial charge is 0.471 e. The van der Waals surface area contributed by atoms with Crippen LogP contribution in [0.15, 0.2) is 30.3 Å². The number of carbonyl (C=O) groups excluding carboxylic acids is 2. The number of carbonyl (C=O) groups is 2. The fourth-order valence-corrected chi connectivity index (χ4v) is 1.43. The van der Waals surface area contributed by atoms with Gasteiger partial charge >= 0.3 is 18.1 Å². The summed E-state index contributed by atoms with van der Waals surface area (Å²) in [6.45, 7) is 0. The quantitative estimate of drug-likeness (QED) is 0.846. The van der Waals surface area contributed by atoms with Crippen LogP contribution in [0.25, 0.3) is 0 Å². The minimum Gasteiger partial charge on any atom is -0.467 e. The maximum absolute atomic E-state index is 12.2. The summed E-state index contributed by atoms with van der Waals surface area (Å²) in [5.74, 6) is -3.10. The first-order valence-electron chi connectivity index (χ1n) is 5.34. The Labute approximate surface area is 107 Å². The molecule has 0 aromatic heterocycles. The highest BCUT2D eigenvalue weighted by Crippen LogP contribution is 2.15. The van der Waals surface area contributed by atoms with Gasteiger partial charge in [-0.2, -0.15) is 13.2 Å². The van der Waals surface area contributed by atoms with E-state index in [1.54, 1.807) is 35.6 Å². The molecule has 0 radical (unpaired) electrons. The van der Waals surface area contributed by atoms with E-state index in [0.717, 1.165) is 7.11 Å². The van der Waals surface area contributed by atoms with Crippen LogP contribution in [0.4, 0.5) is 13.2 Å². The van der Waals surface area contributed by atoms with E-state index in [1.165, 1.54) is 0 Å². The van der Waals surface area contributed by atoms with Gasteiger partial charge < -0.3 is 10.1 Å². The molecule has 1 rings (SSSR count). The first-order valence-corrected chi connectivity index (χ1v) is 5.34. The lowest BCUT2D eigenvalue weighted by molar-refractivity contribution is -0.175. The van der Waals surface area contributed by atoms with Gasteiger partial charge in [-0.15, -0.1) is 0 Å². The molecule has 0 aliphatic carbocycles. The summed E-state index contributed by atoms with van der Waals surface area (Å²) >= 11 is 0. The number of nitrogens with one attached hydrogen (secondary N) is 1. The van der Waals surface area contributed by atoms with E-state index in [4.69, 9.17) is 0 Å². The van der Waals surface area contributed by atoms with Crippen molar-refractivity contribution in [2.24, 2.45) is 0 Å². The van der Waals surface area contributed by atoms with E-state index in [-0.39, 0.29) is 6.42 Å². The Morgan fingerprint density at radius 3 is 2.32 bits per heavy atom. The van der Waals surface area contributed by atoms with Crippen LogP contribution in [0.3, 0.4) is 0 Å². The Morgan fingerprint density at radius 1 is 1.26 bits per heavy atom. The van der Waals surface area contributed by atoms with Crippen molar-refractivity contribution in [1.82, 2.24) is 5.32 Å². The third kappa shape index (κ3) is 4.61. The zero-order valence-corrected chi connectivity index (χ0v) is 10.0. The number of halogens is 3. The fraction of sp³-hybridized carbons (Fsp3) is 0.333. The highest BCUT2D eigenvalue weighted by molar-refractivity contribution is 5.87. The number of ether oxygens (including phenoxy) is 1. The lowest BCUT2D eigenvalue weighted by atomic mass is 10.1. The average Bonchev–Trinajstić information content (AvgIpc) is 2.37. The van der Waals surface area contributed by atoms with Crippen molar-refractivity contribution in [1.29, 1.82) is 0 Å². The SMILES string of the molecule is COC(=O)[C@@H](Cc1ccccc1)NC(=O)C(F)(F)F. The zero-order valence-electron chi connectivity index (χ0n) is 10.0. The molecule has 0 fully saturated rings. The third-order valence-electron chi connectivity index (χ3n) is 2.33. The molecule has 1 aromatic rings. The van der Waals surface area contributed by atoms with Gasteiger partial charge in [0.05, 0.1) is 7.11 Å². The molecular weight excluding hydrogens is 263 g/mol. The van der Waals surface area contributed by atoms with Crippen LogP contribution in [0.2, 0.25) is 0 Å². The van der Waals surface area contributed by atoms with Crippen molar-refractivity contribution >= 4 is 11.9 Å². The zero-order chi connectivity index (χ0) is 14.5. The molecule has 4 nitrogen and oxygen atoms in total. The van der Waals surface area contributed by atoms with E-state index in [1.807, 2.05) is 0 Å². The molecule has 104 valence electrons. The summed E-state index contributed by atoms with van der Waals surface area (Å²) < 4.78 is 40.8. The van der Waals surface area contributed by atoms with Crippen molar-refractivity contribution in [3.63, 3.8) is 0 Å².